The predicted molar refractivity (Wildman–Crippen MR) is 73.7 cm³/mol. The van der Waals surface area contributed by atoms with Crippen LogP contribution in [0.15, 0.2) is 12.3 Å². The normalized spacial score (nSPS) is 31.6. The fraction of sp³-hybridized carbons (Fsp3) is 0.714. The average Bonchev–Trinajstić information content (AvgIpc) is 2.88. The van der Waals surface area contributed by atoms with Gasteiger partial charge in [0.2, 0.25) is 0 Å². The van der Waals surface area contributed by atoms with E-state index in [0.29, 0.717) is 12.5 Å². The van der Waals surface area contributed by atoms with Crippen molar-refractivity contribution in [2.24, 2.45) is 11.8 Å². The van der Waals surface area contributed by atoms with Crippen LogP contribution in [0.2, 0.25) is 0 Å². The van der Waals surface area contributed by atoms with Gasteiger partial charge in [0.15, 0.2) is 0 Å². The molecule has 0 aromatic carbocycles. The molecule has 0 radical (unpaired) electrons. The van der Waals surface area contributed by atoms with Gasteiger partial charge in [-0.05, 0) is 31.7 Å². The molecule has 0 bridgehead atoms. The molecule has 6 nitrogen and oxygen atoms in total. The molecular formula is C14H22N4O2. The van der Waals surface area contributed by atoms with E-state index in [0.717, 1.165) is 44.0 Å². The van der Waals surface area contributed by atoms with E-state index < -0.39 is 0 Å². The van der Waals surface area contributed by atoms with Crippen molar-refractivity contribution in [3.63, 3.8) is 0 Å². The third-order valence-corrected chi connectivity index (χ3v) is 4.37. The second kappa shape index (κ2) is 5.73. The first-order valence-corrected chi connectivity index (χ1v) is 7.20. The average molecular weight is 278 g/mol. The summed E-state index contributed by atoms with van der Waals surface area (Å²) in [5.41, 5.74) is 3.78. The molecule has 0 amide bonds. The summed E-state index contributed by atoms with van der Waals surface area (Å²) >= 11 is 0. The third-order valence-electron chi connectivity index (χ3n) is 4.37. The molecule has 2 fully saturated rings. The highest BCUT2D eigenvalue weighted by atomic mass is 16.6. The molecule has 3 N–H and O–H groups in total. The molecule has 2 saturated heterocycles. The summed E-state index contributed by atoms with van der Waals surface area (Å²) in [5, 5.41) is 0. The van der Waals surface area contributed by atoms with Gasteiger partial charge in [0.25, 0.3) is 0 Å². The summed E-state index contributed by atoms with van der Waals surface area (Å²) in [6.45, 7) is 4.15. The first kappa shape index (κ1) is 13.9. The van der Waals surface area contributed by atoms with Crippen molar-refractivity contribution >= 4 is 0 Å². The van der Waals surface area contributed by atoms with Crippen LogP contribution in [-0.4, -0.2) is 35.4 Å². The van der Waals surface area contributed by atoms with Crippen molar-refractivity contribution < 1.29 is 9.47 Å². The van der Waals surface area contributed by atoms with E-state index in [9.17, 15) is 0 Å². The maximum absolute atomic E-state index is 5.98. The summed E-state index contributed by atoms with van der Waals surface area (Å²) in [6.07, 6.45) is 4.71. The number of rotatable bonds is 3. The number of hydrogen-bond acceptors (Lipinski definition) is 6. The van der Waals surface area contributed by atoms with Crippen LogP contribution in [0.25, 0.3) is 0 Å². The third kappa shape index (κ3) is 2.69. The van der Waals surface area contributed by atoms with Crippen molar-refractivity contribution in [1.29, 1.82) is 0 Å². The second-order valence-corrected chi connectivity index (χ2v) is 5.76. The van der Waals surface area contributed by atoms with Gasteiger partial charge in [0, 0.05) is 25.8 Å². The second-order valence-electron chi connectivity index (χ2n) is 5.76. The van der Waals surface area contributed by atoms with Crippen LogP contribution in [0.5, 0.6) is 0 Å². The Balaban J connectivity index is 1.78. The number of ether oxygens (including phenoxy) is 2. The minimum absolute atomic E-state index is 0.0399. The summed E-state index contributed by atoms with van der Waals surface area (Å²) in [7, 11) is 0. The fourth-order valence-electron chi connectivity index (χ4n) is 3.32. The Bertz CT molecular complexity index is 462. The van der Waals surface area contributed by atoms with Gasteiger partial charge in [-0.2, -0.15) is 0 Å². The maximum atomic E-state index is 5.98. The molecule has 1 spiro atoms. The lowest BCUT2D eigenvalue weighted by molar-refractivity contribution is -0.103. The number of aryl methyl sites for hydroxylation is 1. The quantitative estimate of drug-likeness (QED) is 0.631. The first-order valence-electron chi connectivity index (χ1n) is 7.20. The van der Waals surface area contributed by atoms with Gasteiger partial charge in [-0.3, -0.25) is 11.3 Å². The lowest BCUT2D eigenvalue weighted by atomic mass is 9.80. The van der Waals surface area contributed by atoms with E-state index in [4.69, 9.17) is 15.3 Å². The molecule has 2 aliphatic rings. The van der Waals surface area contributed by atoms with Crippen molar-refractivity contribution in [2.45, 2.75) is 37.8 Å². The highest BCUT2D eigenvalue weighted by Crippen LogP contribution is 2.40. The van der Waals surface area contributed by atoms with Gasteiger partial charge in [0.1, 0.15) is 5.82 Å². The summed E-state index contributed by atoms with van der Waals surface area (Å²) in [5.74, 6) is 6.97. The minimum Gasteiger partial charge on any atom is -0.378 e. The van der Waals surface area contributed by atoms with E-state index >= 15 is 0 Å². The Morgan fingerprint density at radius 1 is 1.50 bits per heavy atom. The number of nitrogens with one attached hydrogen (secondary N) is 1. The van der Waals surface area contributed by atoms with Gasteiger partial charge in [-0.15, -0.1) is 0 Å². The number of nitrogens with zero attached hydrogens (tertiary/aromatic N) is 2. The molecule has 3 unspecified atom stereocenters. The van der Waals surface area contributed by atoms with E-state index in [2.05, 4.69) is 15.4 Å². The van der Waals surface area contributed by atoms with E-state index in [1.54, 1.807) is 6.20 Å². The largest absolute Gasteiger partial charge is 0.378 e. The Morgan fingerprint density at radius 2 is 2.40 bits per heavy atom. The Labute approximate surface area is 119 Å². The van der Waals surface area contributed by atoms with E-state index in [1.165, 1.54) is 0 Å². The molecule has 6 heteroatoms. The number of aromatic nitrogens is 2. The highest BCUT2D eigenvalue weighted by Gasteiger charge is 2.43. The van der Waals surface area contributed by atoms with Crippen LogP contribution in [-0.2, 0) is 9.47 Å². The number of nitrogens with two attached hydrogens (primary N) is 1. The molecular weight excluding hydrogens is 256 g/mol. The molecule has 3 rings (SSSR count). The topological polar surface area (TPSA) is 82.3 Å². The smallest absolute Gasteiger partial charge is 0.125 e. The van der Waals surface area contributed by atoms with Crippen LogP contribution in [0, 0.1) is 12.8 Å². The van der Waals surface area contributed by atoms with Crippen molar-refractivity contribution in [2.75, 3.05) is 19.8 Å². The Hall–Kier alpha value is -1.08. The molecule has 0 saturated carbocycles. The van der Waals surface area contributed by atoms with Gasteiger partial charge in [-0.1, -0.05) is 0 Å². The van der Waals surface area contributed by atoms with Gasteiger partial charge >= 0.3 is 0 Å². The standard InChI is InChI=1S/C14H22N4O2/c1-10-16-5-2-12(17-10)13(18-15)11-3-6-20-14(8-11)4-7-19-9-14/h2,5,11,13,18H,3-4,6-9,15H2,1H3. The zero-order valence-electron chi connectivity index (χ0n) is 11.8. The van der Waals surface area contributed by atoms with Crippen molar-refractivity contribution in [3.05, 3.63) is 23.8 Å². The van der Waals surface area contributed by atoms with E-state index in [-0.39, 0.29) is 11.6 Å². The van der Waals surface area contributed by atoms with Crippen LogP contribution in [0.3, 0.4) is 0 Å². The predicted octanol–water partition coefficient (Wildman–Crippen LogP) is 0.875. The van der Waals surface area contributed by atoms with Crippen molar-refractivity contribution in [3.8, 4) is 0 Å². The molecule has 2 aliphatic heterocycles. The van der Waals surface area contributed by atoms with Crippen LogP contribution in [0.1, 0.15) is 36.8 Å². The lowest BCUT2D eigenvalue weighted by Gasteiger charge is -2.40. The van der Waals surface area contributed by atoms with Crippen molar-refractivity contribution in [1.82, 2.24) is 15.4 Å². The van der Waals surface area contributed by atoms with Gasteiger partial charge in [0.05, 0.1) is 23.9 Å². The van der Waals surface area contributed by atoms with E-state index in [1.807, 2.05) is 13.0 Å². The molecule has 1 aromatic rings. The molecule has 0 aliphatic carbocycles. The SMILES string of the molecule is Cc1nccc(C(NN)C2CCOC3(CCOC3)C2)n1. The maximum Gasteiger partial charge on any atom is 0.125 e. The Morgan fingerprint density at radius 3 is 3.10 bits per heavy atom. The zero-order chi connectivity index (χ0) is 14.0. The highest BCUT2D eigenvalue weighted by molar-refractivity contribution is 5.10. The molecule has 1 aromatic heterocycles. The minimum atomic E-state index is -0.111. The summed E-state index contributed by atoms with van der Waals surface area (Å²) in [6, 6.07) is 1.98. The van der Waals surface area contributed by atoms with Crippen LogP contribution < -0.4 is 11.3 Å². The summed E-state index contributed by atoms with van der Waals surface area (Å²) < 4.78 is 11.5. The monoisotopic (exact) mass is 278 g/mol. The molecule has 110 valence electrons. The van der Waals surface area contributed by atoms with Crippen LogP contribution >= 0.6 is 0 Å². The molecule has 3 heterocycles. The lowest BCUT2D eigenvalue weighted by Crippen LogP contribution is -2.45. The zero-order valence-corrected chi connectivity index (χ0v) is 11.8. The first-order chi connectivity index (χ1) is 9.72. The van der Waals surface area contributed by atoms with Crippen LogP contribution in [0.4, 0.5) is 0 Å². The number of hydrazine groups is 1. The molecule has 20 heavy (non-hydrogen) atoms. The summed E-state index contributed by atoms with van der Waals surface area (Å²) in [4.78, 5) is 8.66. The van der Waals surface area contributed by atoms with Gasteiger partial charge < -0.3 is 9.47 Å². The van der Waals surface area contributed by atoms with Gasteiger partial charge in [-0.25, -0.2) is 9.97 Å². The number of hydrogen-bond donors (Lipinski definition) is 2. The Kier molecular flexibility index (Phi) is 3.98. The molecule has 3 atom stereocenters. The fourth-order valence-corrected chi connectivity index (χ4v) is 3.32.